The second-order valence-corrected chi connectivity index (χ2v) is 7.28. The van der Waals surface area contributed by atoms with Gasteiger partial charge in [0.25, 0.3) is 0 Å². The summed E-state index contributed by atoms with van der Waals surface area (Å²) in [6.45, 7) is 13.8. The van der Waals surface area contributed by atoms with Crippen LogP contribution in [0.2, 0.25) is 0 Å². The van der Waals surface area contributed by atoms with Crippen molar-refractivity contribution < 1.29 is 14.2 Å². The van der Waals surface area contributed by atoms with Gasteiger partial charge in [-0.15, -0.1) is 0 Å². The van der Waals surface area contributed by atoms with Gasteiger partial charge in [0, 0.05) is 16.6 Å². The van der Waals surface area contributed by atoms with E-state index in [1.54, 1.807) is 7.11 Å². The van der Waals surface area contributed by atoms with Crippen molar-refractivity contribution in [2.24, 2.45) is 5.41 Å². The first-order valence-corrected chi connectivity index (χ1v) is 8.79. The molecule has 0 bridgehead atoms. The molecule has 0 aliphatic carbocycles. The van der Waals surface area contributed by atoms with Crippen LogP contribution in [0.5, 0.6) is 5.75 Å². The third kappa shape index (κ3) is 4.42. The molecule has 3 nitrogen and oxygen atoms in total. The second kappa shape index (κ2) is 8.03. The summed E-state index contributed by atoms with van der Waals surface area (Å²) < 4.78 is 17.9. The summed E-state index contributed by atoms with van der Waals surface area (Å²) in [7, 11) is 1.66. The van der Waals surface area contributed by atoms with Crippen LogP contribution in [-0.4, -0.2) is 20.3 Å². The van der Waals surface area contributed by atoms with Crippen molar-refractivity contribution in [3.05, 3.63) is 65.8 Å². The molecule has 0 unspecified atom stereocenters. The molecule has 0 spiro atoms. The summed E-state index contributed by atoms with van der Waals surface area (Å²) in [6, 6.07) is 7.84. The fourth-order valence-electron chi connectivity index (χ4n) is 2.65. The van der Waals surface area contributed by atoms with Crippen LogP contribution in [0.3, 0.4) is 0 Å². The summed E-state index contributed by atoms with van der Waals surface area (Å²) in [5.41, 5.74) is 3.12. The molecule has 3 heteroatoms. The van der Waals surface area contributed by atoms with Gasteiger partial charge in [0.1, 0.15) is 5.75 Å². The van der Waals surface area contributed by atoms with Gasteiger partial charge in [0.05, 0.1) is 20.3 Å². The van der Waals surface area contributed by atoms with E-state index >= 15 is 0 Å². The van der Waals surface area contributed by atoms with Gasteiger partial charge in [0.15, 0.2) is 0 Å². The molecule has 0 N–H and O–H groups in total. The van der Waals surface area contributed by atoms with E-state index < -0.39 is 5.79 Å². The van der Waals surface area contributed by atoms with Crippen molar-refractivity contribution in [2.45, 2.75) is 39.9 Å². The minimum atomic E-state index is -0.936. The van der Waals surface area contributed by atoms with E-state index in [0.29, 0.717) is 13.2 Å². The van der Waals surface area contributed by atoms with Crippen LogP contribution in [0.4, 0.5) is 0 Å². The molecular formula is C22H30O3. The van der Waals surface area contributed by atoms with Crippen LogP contribution in [0.25, 0.3) is 0 Å². The Morgan fingerprint density at radius 2 is 1.76 bits per heavy atom. The SMILES string of the molecule is C=C/C(=C\C=C(/C)CC)C1(c2ccc(OC)cc2)OCC(C)(C)CO1. The number of allylic oxidation sites excluding steroid dienone is 3. The van der Waals surface area contributed by atoms with Crippen molar-refractivity contribution >= 4 is 0 Å². The van der Waals surface area contributed by atoms with Gasteiger partial charge in [-0.3, -0.25) is 0 Å². The Labute approximate surface area is 152 Å². The molecule has 25 heavy (non-hydrogen) atoms. The Morgan fingerprint density at radius 3 is 2.24 bits per heavy atom. The van der Waals surface area contributed by atoms with Crippen molar-refractivity contribution in [1.82, 2.24) is 0 Å². The summed E-state index contributed by atoms with van der Waals surface area (Å²) in [6.07, 6.45) is 6.98. The molecular weight excluding hydrogens is 312 g/mol. The van der Waals surface area contributed by atoms with Crippen molar-refractivity contribution in [3.63, 3.8) is 0 Å². The number of methoxy groups -OCH3 is 1. The molecule has 1 aromatic rings. The van der Waals surface area contributed by atoms with Crippen LogP contribution in [0.1, 0.15) is 39.7 Å². The third-order valence-electron chi connectivity index (χ3n) is 4.51. The highest BCUT2D eigenvalue weighted by Crippen LogP contribution is 2.42. The summed E-state index contributed by atoms with van der Waals surface area (Å²) in [5.74, 6) is -0.130. The smallest absolute Gasteiger partial charge is 0.222 e. The lowest BCUT2D eigenvalue weighted by molar-refractivity contribution is -0.284. The van der Waals surface area contributed by atoms with Crippen LogP contribution >= 0.6 is 0 Å². The molecule has 1 saturated heterocycles. The normalized spacial score (nSPS) is 20.2. The van der Waals surface area contributed by atoms with Crippen LogP contribution < -0.4 is 4.74 Å². The number of rotatable bonds is 6. The lowest BCUT2D eigenvalue weighted by atomic mass is 9.90. The van der Waals surface area contributed by atoms with E-state index in [-0.39, 0.29) is 5.41 Å². The predicted octanol–water partition coefficient (Wildman–Crippen LogP) is 5.39. The molecule has 2 rings (SSSR count). The van der Waals surface area contributed by atoms with Crippen LogP contribution in [0.15, 0.2) is 60.2 Å². The summed E-state index contributed by atoms with van der Waals surface area (Å²) in [5, 5.41) is 0. The molecule has 1 fully saturated rings. The Bertz CT molecular complexity index is 640. The molecule has 1 aliphatic heterocycles. The van der Waals surface area contributed by atoms with E-state index in [4.69, 9.17) is 14.2 Å². The number of hydrogen-bond donors (Lipinski definition) is 0. The zero-order chi connectivity index (χ0) is 18.5. The first-order valence-electron chi connectivity index (χ1n) is 8.79. The van der Waals surface area contributed by atoms with Crippen LogP contribution in [-0.2, 0) is 15.3 Å². The Kier molecular flexibility index (Phi) is 6.26. The minimum Gasteiger partial charge on any atom is -0.497 e. The van der Waals surface area contributed by atoms with E-state index in [1.807, 2.05) is 36.4 Å². The minimum absolute atomic E-state index is 0.0164. The van der Waals surface area contributed by atoms with E-state index in [0.717, 1.165) is 23.3 Å². The average Bonchev–Trinajstić information content (AvgIpc) is 2.63. The molecule has 0 saturated carbocycles. The third-order valence-corrected chi connectivity index (χ3v) is 4.51. The first kappa shape index (κ1) is 19.5. The molecule has 0 radical (unpaired) electrons. The average molecular weight is 342 g/mol. The topological polar surface area (TPSA) is 27.7 Å². The Hall–Kier alpha value is -1.84. The summed E-state index contributed by atoms with van der Waals surface area (Å²) >= 11 is 0. The summed E-state index contributed by atoms with van der Waals surface area (Å²) in [4.78, 5) is 0. The largest absolute Gasteiger partial charge is 0.497 e. The van der Waals surface area contributed by atoms with Crippen LogP contribution in [0, 0.1) is 5.41 Å². The van der Waals surface area contributed by atoms with Crippen molar-refractivity contribution in [3.8, 4) is 5.75 Å². The van der Waals surface area contributed by atoms with Crippen molar-refractivity contribution in [2.75, 3.05) is 20.3 Å². The highest BCUT2D eigenvalue weighted by molar-refractivity contribution is 5.41. The predicted molar refractivity (Wildman–Crippen MR) is 103 cm³/mol. The van der Waals surface area contributed by atoms with Crippen molar-refractivity contribution in [1.29, 1.82) is 0 Å². The molecule has 0 amide bonds. The quantitative estimate of drug-likeness (QED) is 0.649. The van der Waals surface area contributed by atoms with E-state index in [2.05, 4.69) is 40.3 Å². The molecule has 1 heterocycles. The lowest BCUT2D eigenvalue weighted by Crippen LogP contribution is -2.46. The highest BCUT2D eigenvalue weighted by Gasteiger charge is 2.44. The molecule has 1 aliphatic rings. The molecule has 1 aromatic carbocycles. The van der Waals surface area contributed by atoms with E-state index in [1.165, 1.54) is 5.57 Å². The second-order valence-electron chi connectivity index (χ2n) is 7.28. The van der Waals surface area contributed by atoms with Gasteiger partial charge in [0.2, 0.25) is 5.79 Å². The van der Waals surface area contributed by atoms with Gasteiger partial charge < -0.3 is 14.2 Å². The highest BCUT2D eigenvalue weighted by atomic mass is 16.7. The van der Waals surface area contributed by atoms with E-state index in [9.17, 15) is 0 Å². The Morgan fingerprint density at radius 1 is 1.16 bits per heavy atom. The first-order chi connectivity index (χ1) is 11.9. The molecule has 0 aromatic heterocycles. The van der Waals surface area contributed by atoms with Gasteiger partial charge in [-0.2, -0.15) is 0 Å². The molecule has 136 valence electrons. The number of ether oxygens (including phenoxy) is 3. The fourth-order valence-corrected chi connectivity index (χ4v) is 2.65. The standard InChI is InChI=1S/C22H30O3/c1-7-17(3)9-10-18(8-2)22(24-15-21(4,5)16-25-22)19-11-13-20(23-6)14-12-19/h8-14H,2,7,15-16H2,1,3-6H3/b17-9+,18-10+. The molecule has 0 atom stereocenters. The Balaban J connectivity index is 2.49. The maximum Gasteiger partial charge on any atom is 0.222 e. The maximum absolute atomic E-state index is 6.33. The number of hydrogen-bond acceptors (Lipinski definition) is 3. The lowest BCUT2D eigenvalue weighted by Gasteiger charge is -2.44. The zero-order valence-corrected chi connectivity index (χ0v) is 16.1. The zero-order valence-electron chi connectivity index (χ0n) is 16.1. The maximum atomic E-state index is 6.33. The number of benzene rings is 1. The van der Waals surface area contributed by atoms with Gasteiger partial charge in [-0.05, 0) is 37.6 Å². The fraction of sp³-hybridized carbons (Fsp3) is 0.455. The van der Waals surface area contributed by atoms with Gasteiger partial charge in [-0.25, -0.2) is 0 Å². The van der Waals surface area contributed by atoms with Gasteiger partial charge in [-0.1, -0.05) is 51.2 Å². The van der Waals surface area contributed by atoms with Gasteiger partial charge >= 0.3 is 0 Å². The monoisotopic (exact) mass is 342 g/mol.